The highest BCUT2D eigenvalue weighted by atomic mass is 35.5. The average Bonchev–Trinajstić information content (AvgIpc) is 2.45. The van der Waals surface area contributed by atoms with Gasteiger partial charge in [0.2, 0.25) is 0 Å². The van der Waals surface area contributed by atoms with E-state index in [-0.39, 0.29) is 5.69 Å². The van der Waals surface area contributed by atoms with Crippen LogP contribution in [0.15, 0.2) is 24.3 Å². The predicted octanol–water partition coefficient (Wildman–Crippen LogP) is 4.46. The molecule has 1 N–H and O–H groups in total. The van der Waals surface area contributed by atoms with Crippen molar-refractivity contribution in [2.75, 3.05) is 5.32 Å². The first-order valence-electron chi connectivity index (χ1n) is 5.72. The molecule has 2 aromatic rings. The van der Waals surface area contributed by atoms with Crippen LogP contribution in [0.4, 0.5) is 23.2 Å². The second kappa shape index (κ2) is 5.73. The van der Waals surface area contributed by atoms with Crippen molar-refractivity contribution < 1.29 is 22.4 Å². The van der Waals surface area contributed by atoms with Gasteiger partial charge in [-0.15, -0.1) is 0 Å². The maximum Gasteiger partial charge on any atom is 0.258 e. The Labute approximate surface area is 122 Å². The van der Waals surface area contributed by atoms with Crippen molar-refractivity contribution in [1.82, 2.24) is 0 Å². The standard InChI is InChI=1S/C14H8ClF4NO/c1-6-8(15)3-2-4-10(6)20-14(21)7-5-9(16)12(18)13(19)11(7)17/h2-5H,1H3,(H,20,21). The molecule has 0 radical (unpaired) electrons. The molecule has 0 bridgehead atoms. The zero-order valence-corrected chi connectivity index (χ0v) is 11.4. The van der Waals surface area contributed by atoms with Crippen LogP contribution >= 0.6 is 11.6 Å². The molecule has 0 aliphatic heterocycles. The molecule has 7 heteroatoms. The van der Waals surface area contributed by atoms with Crippen molar-refractivity contribution in [3.63, 3.8) is 0 Å². The summed E-state index contributed by atoms with van der Waals surface area (Å²) in [6.45, 7) is 1.60. The average molecular weight is 318 g/mol. The van der Waals surface area contributed by atoms with E-state index in [1.54, 1.807) is 13.0 Å². The van der Waals surface area contributed by atoms with E-state index in [0.29, 0.717) is 16.7 Å². The lowest BCUT2D eigenvalue weighted by atomic mass is 10.1. The van der Waals surface area contributed by atoms with Gasteiger partial charge in [0.15, 0.2) is 23.3 Å². The number of hydrogen-bond acceptors (Lipinski definition) is 1. The third kappa shape index (κ3) is 2.85. The van der Waals surface area contributed by atoms with E-state index < -0.39 is 34.7 Å². The van der Waals surface area contributed by atoms with Gasteiger partial charge in [-0.1, -0.05) is 17.7 Å². The smallest absolute Gasteiger partial charge is 0.258 e. The Morgan fingerprint density at radius 1 is 1.10 bits per heavy atom. The Morgan fingerprint density at radius 2 is 1.76 bits per heavy atom. The maximum atomic E-state index is 13.5. The molecule has 2 nitrogen and oxygen atoms in total. The van der Waals surface area contributed by atoms with Gasteiger partial charge in [-0.3, -0.25) is 4.79 Å². The highest BCUT2D eigenvalue weighted by Crippen LogP contribution is 2.25. The number of amides is 1. The second-order valence-corrected chi connectivity index (χ2v) is 4.62. The summed E-state index contributed by atoms with van der Waals surface area (Å²) in [6, 6.07) is 4.88. The number of carbonyl (C=O) groups is 1. The Morgan fingerprint density at radius 3 is 2.43 bits per heavy atom. The quantitative estimate of drug-likeness (QED) is 0.494. The number of benzene rings is 2. The van der Waals surface area contributed by atoms with Crippen LogP contribution in [0, 0.1) is 30.2 Å². The molecule has 21 heavy (non-hydrogen) atoms. The van der Waals surface area contributed by atoms with Gasteiger partial charge in [-0.2, -0.15) is 0 Å². The lowest BCUT2D eigenvalue weighted by Gasteiger charge is -2.10. The van der Waals surface area contributed by atoms with Gasteiger partial charge in [0.1, 0.15) is 0 Å². The minimum atomic E-state index is -2.04. The molecule has 0 aliphatic carbocycles. The first-order valence-corrected chi connectivity index (χ1v) is 6.10. The normalized spacial score (nSPS) is 10.6. The molecule has 0 unspecified atom stereocenters. The van der Waals surface area contributed by atoms with E-state index in [9.17, 15) is 22.4 Å². The third-order valence-electron chi connectivity index (χ3n) is 2.86. The zero-order valence-electron chi connectivity index (χ0n) is 10.6. The van der Waals surface area contributed by atoms with Crippen molar-refractivity contribution in [1.29, 1.82) is 0 Å². The lowest BCUT2D eigenvalue weighted by Crippen LogP contribution is -2.16. The van der Waals surface area contributed by atoms with Crippen LogP contribution in [0.3, 0.4) is 0 Å². The highest BCUT2D eigenvalue weighted by molar-refractivity contribution is 6.31. The van der Waals surface area contributed by atoms with Gasteiger partial charge in [0.25, 0.3) is 5.91 Å². The molecule has 0 heterocycles. The second-order valence-electron chi connectivity index (χ2n) is 4.21. The van der Waals surface area contributed by atoms with Crippen molar-refractivity contribution >= 4 is 23.2 Å². The molecule has 2 aromatic carbocycles. The molecule has 0 saturated heterocycles. The fourth-order valence-electron chi connectivity index (χ4n) is 1.67. The van der Waals surface area contributed by atoms with Gasteiger partial charge < -0.3 is 5.32 Å². The number of carbonyl (C=O) groups excluding carboxylic acids is 1. The Balaban J connectivity index is 2.40. The number of halogens is 5. The molecule has 110 valence electrons. The molecule has 0 fully saturated rings. The van der Waals surface area contributed by atoms with Crippen LogP contribution in [-0.4, -0.2) is 5.91 Å². The van der Waals surface area contributed by atoms with Gasteiger partial charge in [-0.05, 0) is 30.7 Å². The predicted molar refractivity (Wildman–Crippen MR) is 70.4 cm³/mol. The largest absolute Gasteiger partial charge is 0.322 e. The van der Waals surface area contributed by atoms with Crippen LogP contribution in [0.1, 0.15) is 15.9 Å². The van der Waals surface area contributed by atoms with Crippen molar-refractivity contribution in [3.8, 4) is 0 Å². The van der Waals surface area contributed by atoms with Crippen LogP contribution < -0.4 is 5.32 Å². The molecule has 0 saturated carbocycles. The first kappa shape index (κ1) is 15.3. The highest BCUT2D eigenvalue weighted by Gasteiger charge is 2.23. The Hall–Kier alpha value is -2.08. The number of anilines is 1. The van der Waals surface area contributed by atoms with E-state index in [0.717, 1.165) is 0 Å². The van der Waals surface area contributed by atoms with Crippen molar-refractivity contribution in [2.24, 2.45) is 0 Å². The van der Waals surface area contributed by atoms with E-state index in [4.69, 9.17) is 11.6 Å². The van der Waals surface area contributed by atoms with Crippen LogP contribution in [0.5, 0.6) is 0 Å². The fourth-order valence-corrected chi connectivity index (χ4v) is 1.85. The van der Waals surface area contributed by atoms with Crippen LogP contribution in [0.2, 0.25) is 5.02 Å². The summed E-state index contributed by atoms with van der Waals surface area (Å²) in [6.07, 6.45) is 0. The first-order chi connectivity index (χ1) is 9.82. The number of hydrogen-bond donors (Lipinski definition) is 1. The fraction of sp³-hybridized carbons (Fsp3) is 0.0714. The van der Waals surface area contributed by atoms with Gasteiger partial charge in [0, 0.05) is 10.7 Å². The molecule has 2 rings (SSSR count). The molecule has 0 aliphatic rings. The monoisotopic (exact) mass is 317 g/mol. The summed E-state index contributed by atoms with van der Waals surface area (Å²) in [4.78, 5) is 11.9. The zero-order chi connectivity index (χ0) is 15.7. The van der Waals surface area contributed by atoms with Crippen LogP contribution in [0.25, 0.3) is 0 Å². The molecular formula is C14H8ClF4NO. The molecular weight excluding hydrogens is 310 g/mol. The number of rotatable bonds is 2. The van der Waals surface area contributed by atoms with E-state index in [2.05, 4.69) is 5.32 Å². The van der Waals surface area contributed by atoms with Gasteiger partial charge in [0.05, 0.1) is 5.56 Å². The third-order valence-corrected chi connectivity index (χ3v) is 3.27. The Kier molecular flexibility index (Phi) is 4.18. The summed E-state index contributed by atoms with van der Waals surface area (Å²) in [7, 11) is 0. The number of nitrogens with one attached hydrogen (secondary N) is 1. The SMILES string of the molecule is Cc1c(Cl)cccc1NC(=O)c1cc(F)c(F)c(F)c1F. The van der Waals surface area contributed by atoms with Crippen molar-refractivity contribution in [3.05, 3.63) is 63.7 Å². The summed E-state index contributed by atoms with van der Waals surface area (Å²) < 4.78 is 52.5. The van der Waals surface area contributed by atoms with E-state index >= 15 is 0 Å². The topological polar surface area (TPSA) is 29.1 Å². The van der Waals surface area contributed by atoms with E-state index in [1.165, 1.54) is 12.1 Å². The van der Waals surface area contributed by atoms with Gasteiger partial charge in [-0.25, -0.2) is 17.6 Å². The van der Waals surface area contributed by atoms with E-state index in [1.807, 2.05) is 0 Å². The summed E-state index contributed by atoms with van der Waals surface area (Å²) in [5.74, 6) is -8.53. The molecule has 0 atom stereocenters. The Bertz CT molecular complexity index is 733. The summed E-state index contributed by atoms with van der Waals surface area (Å²) >= 11 is 5.85. The van der Waals surface area contributed by atoms with Gasteiger partial charge >= 0.3 is 0 Å². The minimum absolute atomic E-state index is 0.247. The molecule has 0 aromatic heterocycles. The maximum absolute atomic E-state index is 13.5. The minimum Gasteiger partial charge on any atom is -0.322 e. The summed E-state index contributed by atoms with van der Waals surface area (Å²) in [5.41, 5.74) is -0.196. The van der Waals surface area contributed by atoms with Crippen molar-refractivity contribution in [2.45, 2.75) is 6.92 Å². The molecule has 1 amide bonds. The summed E-state index contributed by atoms with van der Waals surface area (Å²) in [5, 5.41) is 2.61. The van der Waals surface area contributed by atoms with Crippen LogP contribution in [-0.2, 0) is 0 Å². The lowest BCUT2D eigenvalue weighted by molar-refractivity contribution is 0.102. The molecule has 0 spiro atoms.